The van der Waals surface area contributed by atoms with Crippen LogP contribution >= 0.6 is 11.6 Å². The van der Waals surface area contributed by atoms with Crippen LogP contribution in [-0.2, 0) is 32.5 Å². The summed E-state index contributed by atoms with van der Waals surface area (Å²) in [5.41, 5.74) is -0.297. The molecule has 0 aliphatic rings. The van der Waals surface area contributed by atoms with Gasteiger partial charge in [0.15, 0.2) is 0 Å². The minimum absolute atomic E-state index is 0.149. The predicted molar refractivity (Wildman–Crippen MR) is 164 cm³/mol. The average Bonchev–Trinajstić information content (AvgIpc) is 3.23. The largest absolute Gasteiger partial charge is 0.443 e. The lowest BCUT2D eigenvalue weighted by molar-refractivity contribution is -0.114. The molecule has 0 bridgehead atoms. The number of carbonyl (C=O) groups excluding carboxylic acids is 2. The average molecular weight is 644 g/mol. The Balaban J connectivity index is 1.67. The number of nitrogens with zero attached hydrogens (tertiary/aromatic N) is 3. The van der Waals surface area contributed by atoms with E-state index in [0.29, 0.717) is 17.9 Å². The van der Waals surface area contributed by atoms with E-state index in [9.17, 15) is 22.8 Å². The van der Waals surface area contributed by atoms with E-state index < -0.39 is 33.2 Å². The van der Waals surface area contributed by atoms with Gasteiger partial charge >= 0.3 is 11.8 Å². The van der Waals surface area contributed by atoms with E-state index in [1.165, 1.54) is 54.0 Å². The summed E-state index contributed by atoms with van der Waals surface area (Å²) in [5.74, 6) is -0.629. The number of rotatable bonds is 8. The SMILES string of the molecule is CCc1nn(-c2cc(NC(C)=O)ccc2Cl)c(=O)n1Cc1ccc(-c2ccccc2S(=O)(=O)NC(=O)OC(C)(C)C)cc1F. The Morgan fingerprint density at radius 1 is 1.07 bits per heavy atom. The third-order valence-electron chi connectivity index (χ3n) is 6.24. The first-order chi connectivity index (χ1) is 20.6. The highest BCUT2D eigenvalue weighted by molar-refractivity contribution is 7.90. The zero-order chi connectivity index (χ0) is 32.4. The van der Waals surface area contributed by atoms with Gasteiger partial charge in [-0.05, 0) is 56.7 Å². The van der Waals surface area contributed by atoms with Crippen LogP contribution in [0.5, 0.6) is 0 Å². The molecule has 14 heteroatoms. The van der Waals surface area contributed by atoms with Crippen LogP contribution in [0.25, 0.3) is 16.8 Å². The van der Waals surface area contributed by atoms with Crippen molar-refractivity contribution in [2.24, 2.45) is 0 Å². The van der Waals surface area contributed by atoms with Crippen molar-refractivity contribution < 1.29 is 27.1 Å². The van der Waals surface area contributed by atoms with Crippen molar-refractivity contribution >= 4 is 39.3 Å². The molecule has 0 unspecified atom stereocenters. The minimum Gasteiger partial charge on any atom is -0.443 e. The van der Waals surface area contributed by atoms with Gasteiger partial charge in [-0.1, -0.05) is 48.9 Å². The van der Waals surface area contributed by atoms with Crippen molar-refractivity contribution in [3.8, 4) is 16.8 Å². The Hall–Kier alpha value is -4.49. The monoisotopic (exact) mass is 643 g/mol. The van der Waals surface area contributed by atoms with Crippen LogP contribution in [0.3, 0.4) is 0 Å². The molecule has 0 atom stereocenters. The first kappa shape index (κ1) is 32.4. The molecule has 4 rings (SSSR count). The lowest BCUT2D eigenvalue weighted by Crippen LogP contribution is -2.36. The van der Waals surface area contributed by atoms with Gasteiger partial charge in [0.2, 0.25) is 5.91 Å². The van der Waals surface area contributed by atoms with Crippen LogP contribution in [-0.4, -0.2) is 40.4 Å². The summed E-state index contributed by atoms with van der Waals surface area (Å²) >= 11 is 6.35. The highest BCUT2D eigenvalue weighted by Gasteiger charge is 2.26. The number of anilines is 1. The summed E-state index contributed by atoms with van der Waals surface area (Å²) in [7, 11) is -4.37. The summed E-state index contributed by atoms with van der Waals surface area (Å²) in [6, 6.07) is 14.6. The Bertz CT molecular complexity index is 1910. The highest BCUT2D eigenvalue weighted by Crippen LogP contribution is 2.29. The number of ether oxygens (including phenoxy) is 1. The van der Waals surface area contributed by atoms with E-state index in [-0.39, 0.29) is 44.7 Å². The van der Waals surface area contributed by atoms with Crippen molar-refractivity contribution in [3.63, 3.8) is 0 Å². The standard InChI is InChI=1S/C30H31ClFN5O6S/c1-6-27-34-37(25-16-21(33-18(2)38)13-14-23(25)31)29(40)36(27)17-20-12-11-19(15-24(20)32)22-9-7-8-10-26(22)44(41,42)35-28(39)43-30(3,4)5/h7-16H,6,17H2,1-5H3,(H,33,38)(H,35,39). The van der Waals surface area contributed by atoms with Crippen LogP contribution in [0.1, 0.15) is 46.0 Å². The van der Waals surface area contributed by atoms with E-state index >= 15 is 4.39 Å². The normalized spacial score (nSPS) is 11.7. The van der Waals surface area contributed by atoms with Gasteiger partial charge in [-0.2, -0.15) is 4.68 Å². The van der Waals surface area contributed by atoms with Crippen LogP contribution < -0.4 is 15.7 Å². The molecule has 1 heterocycles. The van der Waals surface area contributed by atoms with Crippen molar-refractivity contribution in [1.82, 2.24) is 19.1 Å². The van der Waals surface area contributed by atoms with Gasteiger partial charge in [-0.25, -0.2) is 27.1 Å². The number of sulfonamides is 1. The molecule has 11 nitrogen and oxygen atoms in total. The molecule has 4 aromatic rings. The fourth-order valence-electron chi connectivity index (χ4n) is 4.39. The molecule has 0 saturated heterocycles. The summed E-state index contributed by atoms with van der Waals surface area (Å²) in [6.45, 7) is 7.77. The Kier molecular flexibility index (Phi) is 9.30. The zero-order valence-corrected chi connectivity index (χ0v) is 26.2. The van der Waals surface area contributed by atoms with Crippen LogP contribution in [0.15, 0.2) is 70.4 Å². The first-order valence-electron chi connectivity index (χ1n) is 13.5. The fraction of sp³-hybridized carbons (Fsp3) is 0.267. The van der Waals surface area contributed by atoms with Crippen molar-refractivity contribution in [2.45, 2.75) is 58.1 Å². The molecule has 0 aliphatic carbocycles. The zero-order valence-electron chi connectivity index (χ0n) is 24.6. The Labute approximate surface area is 258 Å². The van der Waals surface area contributed by atoms with Crippen LogP contribution in [0.2, 0.25) is 5.02 Å². The second kappa shape index (κ2) is 12.6. The van der Waals surface area contributed by atoms with E-state index in [4.69, 9.17) is 16.3 Å². The number of aromatic nitrogens is 3. The first-order valence-corrected chi connectivity index (χ1v) is 15.4. The van der Waals surface area contributed by atoms with E-state index in [1.807, 2.05) is 4.72 Å². The minimum atomic E-state index is -4.37. The molecule has 0 spiro atoms. The van der Waals surface area contributed by atoms with Gasteiger partial charge < -0.3 is 10.1 Å². The molecular formula is C30H31ClFN5O6S. The lowest BCUT2D eigenvalue weighted by Gasteiger charge is -2.20. The number of hydrogen-bond acceptors (Lipinski definition) is 7. The second-order valence-electron chi connectivity index (χ2n) is 10.8. The summed E-state index contributed by atoms with van der Waals surface area (Å²) < 4.78 is 51.0. The van der Waals surface area contributed by atoms with Crippen molar-refractivity contribution in [3.05, 3.63) is 93.4 Å². The van der Waals surface area contributed by atoms with E-state index in [0.717, 1.165) is 10.7 Å². The number of carbonyl (C=O) groups is 2. The third-order valence-corrected chi connectivity index (χ3v) is 7.93. The van der Waals surface area contributed by atoms with Gasteiger partial charge in [-0.3, -0.25) is 9.36 Å². The van der Waals surface area contributed by atoms with Gasteiger partial charge in [0, 0.05) is 30.2 Å². The topological polar surface area (TPSA) is 141 Å². The molecule has 2 amide bonds. The molecule has 1 aromatic heterocycles. The van der Waals surface area contributed by atoms with E-state index in [1.54, 1.807) is 39.8 Å². The molecule has 232 valence electrons. The Morgan fingerprint density at radius 2 is 1.77 bits per heavy atom. The smallest absolute Gasteiger partial charge is 0.421 e. The second-order valence-corrected chi connectivity index (χ2v) is 12.9. The molecule has 3 aromatic carbocycles. The number of hydrogen-bond donors (Lipinski definition) is 2. The molecule has 0 fully saturated rings. The predicted octanol–water partition coefficient (Wildman–Crippen LogP) is 5.28. The van der Waals surface area contributed by atoms with Gasteiger partial charge in [0.25, 0.3) is 10.0 Å². The molecule has 2 N–H and O–H groups in total. The third kappa shape index (κ3) is 7.34. The molecule has 0 saturated carbocycles. The quantitative estimate of drug-likeness (QED) is 0.266. The number of benzene rings is 3. The molecule has 44 heavy (non-hydrogen) atoms. The number of aryl methyl sites for hydroxylation is 1. The molecule has 0 aliphatic heterocycles. The van der Waals surface area contributed by atoms with E-state index in [2.05, 4.69) is 10.4 Å². The van der Waals surface area contributed by atoms with Gasteiger partial charge in [-0.15, -0.1) is 5.10 Å². The van der Waals surface area contributed by atoms with Gasteiger partial charge in [0.1, 0.15) is 17.2 Å². The van der Waals surface area contributed by atoms with Crippen molar-refractivity contribution in [2.75, 3.05) is 5.32 Å². The molecule has 0 radical (unpaired) electrons. The maximum absolute atomic E-state index is 15.5. The van der Waals surface area contributed by atoms with Gasteiger partial charge in [0.05, 0.1) is 22.2 Å². The van der Waals surface area contributed by atoms with Crippen LogP contribution in [0, 0.1) is 5.82 Å². The maximum atomic E-state index is 15.5. The summed E-state index contributed by atoms with van der Waals surface area (Å²) in [4.78, 5) is 36.9. The highest BCUT2D eigenvalue weighted by atomic mass is 35.5. The Morgan fingerprint density at radius 3 is 2.41 bits per heavy atom. The molecular weight excluding hydrogens is 613 g/mol. The van der Waals surface area contributed by atoms with Crippen LogP contribution in [0.4, 0.5) is 14.9 Å². The fourth-order valence-corrected chi connectivity index (χ4v) is 5.69. The summed E-state index contributed by atoms with van der Waals surface area (Å²) in [6.07, 6.45) is -0.796. The maximum Gasteiger partial charge on any atom is 0.421 e. The number of halogens is 2. The van der Waals surface area contributed by atoms with Crippen molar-refractivity contribution in [1.29, 1.82) is 0 Å². The number of nitrogens with one attached hydrogen (secondary N) is 2. The lowest BCUT2D eigenvalue weighted by atomic mass is 10.0. The summed E-state index contributed by atoms with van der Waals surface area (Å²) in [5, 5.41) is 7.24. The number of amides is 2.